The fraction of sp³-hybridized carbons (Fsp3) is 0.545. The van der Waals surface area contributed by atoms with Crippen molar-refractivity contribution in [3.8, 4) is 0 Å². The SMILES string of the molecule is CCOC(=O)CCC(=O)Cc1c(Cl)cnn1C. The Kier molecular flexibility index (Phi) is 5.15. The van der Waals surface area contributed by atoms with Gasteiger partial charge in [0.15, 0.2) is 0 Å². The molecule has 0 N–H and O–H groups in total. The number of aromatic nitrogens is 2. The normalized spacial score (nSPS) is 10.3. The van der Waals surface area contributed by atoms with Crippen molar-refractivity contribution in [3.05, 3.63) is 16.9 Å². The molecule has 1 aromatic rings. The monoisotopic (exact) mass is 258 g/mol. The van der Waals surface area contributed by atoms with Crippen molar-refractivity contribution in [1.82, 2.24) is 9.78 Å². The van der Waals surface area contributed by atoms with E-state index in [0.29, 0.717) is 17.3 Å². The van der Waals surface area contributed by atoms with Gasteiger partial charge in [0, 0.05) is 19.9 Å². The third-order valence-electron chi connectivity index (χ3n) is 2.29. The van der Waals surface area contributed by atoms with Crippen molar-refractivity contribution in [2.45, 2.75) is 26.2 Å². The zero-order valence-corrected chi connectivity index (χ0v) is 10.7. The van der Waals surface area contributed by atoms with E-state index in [1.165, 1.54) is 6.20 Å². The summed E-state index contributed by atoms with van der Waals surface area (Å²) in [6.07, 6.45) is 1.97. The lowest BCUT2D eigenvalue weighted by Gasteiger charge is -2.03. The van der Waals surface area contributed by atoms with Crippen molar-refractivity contribution in [3.63, 3.8) is 0 Å². The quantitative estimate of drug-likeness (QED) is 0.726. The molecular weight excluding hydrogens is 244 g/mol. The zero-order chi connectivity index (χ0) is 12.8. The van der Waals surface area contributed by atoms with Gasteiger partial charge in [0.05, 0.1) is 29.9 Å². The Labute approximate surface area is 105 Å². The summed E-state index contributed by atoms with van der Waals surface area (Å²) in [6.45, 7) is 2.07. The molecule has 0 bridgehead atoms. The lowest BCUT2D eigenvalue weighted by atomic mass is 10.1. The van der Waals surface area contributed by atoms with Gasteiger partial charge in [-0.2, -0.15) is 5.10 Å². The van der Waals surface area contributed by atoms with Crippen molar-refractivity contribution < 1.29 is 14.3 Å². The zero-order valence-electron chi connectivity index (χ0n) is 9.90. The van der Waals surface area contributed by atoms with E-state index in [-0.39, 0.29) is 31.0 Å². The van der Waals surface area contributed by atoms with Crippen LogP contribution in [0.15, 0.2) is 6.20 Å². The van der Waals surface area contributed by atoms with Gasteiger partial charge in [-0.1, -0.05) is 11.6 Å². The molecule has 17 heavy (non-hydrogen) atoms. The number of nitrogens with zero attached hydrogens (tertiary/aromatic N) is 2. The first-order valence-corrected chi connectivity index (χ1v) is 5.76. The van der Waals surface area contributed by atoms with Gasteiger partial charge in [0.2, 0.25) is 0 Å². The largest absolute Gasteiger partial charge is 0.466 e. The lowest BCUT2D eigenvalue weighted by Crippen LogP contribution is -2.11. The van der Waals surface area contributed by atoms with Gasteiger partial charge in [0.1, 0.15) is 5.78 Å². The molecule has 0 saturated heterocycles. The predicted octanol–water partition coefficient (Wildman–Crippen LogP) is 1.53. The predicted molar refractivity (Wildman–Crippen MR) is 62.8 cm³/mol. The van der Waals surface area contributed by atoms with Crippen LogP contribution in [0.1, 0.15) is 25.5 Å². The minimum atomic E-state index is -0.350. The number of hydrogen-bond acceptors (Lipinski definition) is 4. The molecule has 1 heterocycles. The third-order valence-corrected chi connectivity index (χ3v) is 2.60. The average molecular weight is 259 g/mol. The van der Waals surface area contributed by atoms with Crippen LogP contribution in [0.5, 0.6) is 0 Å². The summed E-state index contributed by atoms with van der Waals surface area (Å²) in [4.78, 5) is 22.7. The highest BCUT2D eigenvalue weighted by atomic mass is 35.5. The first-order chi connectivity index (χ1) is 8.04. The standard InChI is InChI=1S/C11H15ClN2O3/c1-3-17-11(16)5-4-8(15)6-10-9(12)7-13-14(10)2/h7H,3-6H2,1-2H3. The summed E-state index contributed by atoms with van der Waals surface area (Å²) >= 11 is 5.87. The molecule has 6 heteroatoms. The van der Waals surface area contributed by atoms with E-state index >= 15 is 0 Å². The molecule has 0 unspecified atom stereocenters. The molecule has 0 spiro atoms. The first kappa shape index (κ1) is 13.7. The van der Waals surface area contributed by atoms with E-state index in [1.54, 1.807) is 18.7 Å². The third kappa shape index (κ3) is 4.19. The number of rotatable bonds is 6. The summed E-state index contributed by atoms with van der Waals surface area (Å²) < 4.78 is 6.30. The van der Waals surface area contributed by atoms with E-state index in [1.807, 2.05) is 0 Å². The van der Waals surface area contributed by atoms with Crippen LogP contribution in [-0.2, 0) is 27.8 Å². The molecule has 0 aliphatic heterocycles. The fourth-order valence-corrected chi connectivity index (χ4v) is 1.62. The van der Waals surface area contributed by atoms with Crippen LogP contribution in [0.2, 0.25) is 5.02 Å². The van der Waals surface area contributed by atoms with Crippen LogP contribution in [0.4, 0.5) is 0 Å². The summed E-state index contributed by atoms with van der Waals surface area (Å²) in [6, 6.07) is 0. The highest BCUT2D eigenvalue weighted by Crippen LogP contribution is 2.15. The molecule has 0 fully saturated rings. The van der Waals surface area contributed by atoms with Crippen LogP contribution in [0.3, 0.4) is 0 Å². The number of carbonyl (C=O) groups excluding carboxylic acids is 2. The number of ether oxygens (including phenoxy) is 1. The molecule has 0 aliphatic rings. The van der Waals surface area contributed by atoms with E-state index in [0.717, 1.165) is 0 Å². The molecule has 0 amide bonds. The van der Waals surface area contributed by atoms with E-state index in [2.05, 4.69) is 5.10 Å². The molecule has 0 saturated carbocycles. The van der Waals surface area contributed by atoms with E-state index in [9.17, 15) is 9.59 Å². The Hall–Kier alpha value is -1.36. The molecule has 0 atom stereocenters. The van der Waals surface area contributed by atoms with Gasteiger partial charge >= 0.3 is 5.97 Å². The molecule has 0 aromatic carbocycles. The second-order valence-electron chi connectivity index (χ2n) is 3.58. The second kappa shape index (κ2) is 6.39. The molecule has 5 nitrogen and oxygen atoms in total. The number of aryl methyl sites for hydroxylation is 1. The van der Waals surface area contributed by atoms with Crippen molar-refractivity contribution in [2.24, 2.45) is 7.05 Å². The van der Waals surface area contributed by atoms with Gasteiger partial charge in [-0.05, 0) is 6.92 Å². The molecule has 1 aromatic heterocycles. The number of hydrogen-bond donors (Lipinski definition) is 0. The highest BCUT2D eigenvalue weighted by Gasteiger charge is 2.13. The number of Topliss-reactive ketones (excluding diaryl/α,β-unsaturated/α-hetero) is 1. The summed E-state index contributed by atoms with van der Waals surface area (Å²) in [5.41, 5.74) is 0.667. The summed E-state index contributed by atoms with van der Waals surface area (Å²) in [5, 5.41) is 4.40. The van der Waals surface area contributed by atoms with Crippen LogP contribution in [0.25, 0.3) is 0 Å². The molecule has 1 rings (SSSR count). The van der Waals surface area contributed by atoms with E-state index in [4.69, 9.17) is 16.3 Å². The topological polar surface area (TPSA) is 61.2 Å². The van der Waals surface area contributed by atoms with Crippen LogP contribution in [0, 0.1) is 0 Å². The molecule has 94 valence electrons. The number of esters is 1. The van der Waals surface area contributed by atoms with Crippen molar-refractivity contribution in [2.75, 3.05) is 6.61 Å². The Morgan fingerprint density at radius 3 is 2.71 bits per heavy atom. The van der Waals surface area contributed by atoms with Crippen LogP contribution >= 0.6 is 11.6 Å². The van der Waals surface area contributed by atoms with Crippen molar-refractivity contribution in [1.29, 1.82) is 0 Å². The van der Waals surface area contributed by atoms with E-state index < -0.39 is 0 Å². The Bertz CT molecular complexity index is 395. The number of halogens is 1. The second-order valence-corrected chi connectivity index (χ2v) is 3.99. The Morgan fingerprint density at radius 1 is 1.47 bits per heavy atom. The minimum Gasteiger partial charge on any atom is -0.466 e. The minimum absolute atomic E-state index is 0.0523. The first-order valence-electron chi connectivity index (χ1n) is 5.38. The smallest absolute Gasteiger partial charge is 0.306 e. The van der Waals surface area contributed by atoms with Crippen LogP contribution in [-0.4, -0.2) is 28.1 Å². The van der Waals surface area contributed by atoms with Gasteiger partial charge in [-0.25, -0.2) is 0 Å². The molecular formula is C11H15ClN2O3. The highest BCUT2D eigenvalue weighted by molar-refractivity contribution is 6.31. The summed E-state index contributed by atoms with van der Waals surface area (Å²) in [5.74, 6) is -0.402. The Morgan fingerprint density at radius 2 is 2.18 bits per heavy atom. The van der Waals surface area contributed by atoms with Crippen LogP contribution < -0.4 is 0 Å². The Balaban J connectivity index is 2.43. The average Bonchev–Trinajstić information content (AvgIpc) is 2.58. The maximum absolute atomic E-state index is 11.6. The number of carbonyl (C=O) groups is 2. The van der Waals surface area contributed by atoms with Gasteiger partial charge in [-0.3, -0.25) is 14.3 Å². The molecule has 0 aliphatic carbocycles. The molecule has 0 radical (unpaired) electrons. The van der Waals surface area contributed by atoms with Gasteiger partial charge < -0.3 is 4.74 Å². The van der Waals surface area contributed by atoms with Crippen molar-refractivity contribution >= 4 is 23.4 Å². The van der Waals surface area contributed by atoms with Gasteiger partial charge in [-0.15, -0.1) is 0 Å². The maximum Gasteiger partial charge on any atom is 0.306 e. The lowest BCUT2D eigenvalue weighted by molar-refractivity contribution is -0.144. The summed E-state index contributed by atoms with van der Waals surface area (Å²) in [7, 11) is 1.72. The fourth-order valence-electron chi connectivity index (χ4n) is 1.38. The van der Waals surface area contributed by atoms with Gasteiger partial charge in [0.25, 0.3) is 0 Å². The maximum atomic E-state index is 11.6. The number of ketones is 1.